The van der Waals surface area contributed by atoms with Crippen molar-refractivity contribution in [1.82, 2.24) is 4.90 Å². The first kappa shape index (κ1) is 12.6. The van der Waals surface area contributed by atoms with E-state index in [1.165, 1.54) is 18.2 Å². The van der Waals surface area contributed by atoms with Crippen molar-refractivity contribution in [3.8, 4) is 0 Å². The third-order valence-corrected chi connectivity index (χ3v) is 1.77. The van der Waals surface area contributed by atoms with E-state index in [-0.39, 0.29) is 11.8 Å². The van der Waals surface area contributed by atoms with Gasteiger partial charge in [-0.2, -0.15) is 0 Å². The van der Waals surface area contributed by atoms with Crippen LogP contribution in [-0.2, 0) is 23.9 Å². The van der Waals surface area contributed by atoms with Gasteiger partial charge in [-0.25, -0.2) is 9.59 Å². The van der Waals surface area contributed by atoms with Gasteiger partial charge in [-0.05, 0) is 0 Å². The molecule has 0 radical (unpaired) electrons. The van der Waals surface area contributed by atoms with E-state index in [0.717, 1.165) is 17.1 Å². The molecule has 0 aliphatic carbocycles. The van der Waals surface area contributed by atoms with Crippen LogP contribution in [0, 0.1) is 0 Å². The van der Waals surface area contributed by atoms with Crippen molar-refractivity contribution in [2.75, 3.05) is 6.54 Å². The van der Waals surface area contributed by atoms with Gasteiger partial charge in [-0.1, -0.05) is 6.08 Å². The van der Waals surface area contributed by atoms with E-state index < -0.39 is 11.9 Å². The second-order valence-electron chi connectivity index (χ2n) is 2.98. The van der Waals surface area contributed by atoms with E-state index in [0.29, 0.717) is 6.54 Å². The summed E-state index contributed by atoms with van der Waals surface area (Å²) < 4.78 is 3.97. The summed E-state index contributed by atoms with van der Waals surface area (Å²) >= 11 is 0. The van der Waals surface area contributed by atoms with Crippen LogP contribution in [0.3, 0.4) is 0 Å². The van der Waals surface area contributed by atoms with Gasteiger partial charge in [0.1, 0.15) is 0 Å². The number of hydrogen-bond acceptors (Lipinski definition) is 5. The molecule has 6 nitrogen and oxygen atoms in total. The number of rotatable bonds is 2. The van der Waals surface area contributed by atoms with Crippen molar-refractivity contribution in [1.29, 1.82) is 0 Å². The van der Waals surface area contributed by atoms with E-state index in [4.69, 9.17) is 0 Å². The zero-order valence-corrected chi connectivity index (χ0v) is 8.79. The van der Waals surface area contributed by atoms with Gasteiger partial charge in [-0.3, -0.25) is 14.5 Å². The molecule has 0 spiro atoms. The number of amides is 2. The molecule has 2 heterocycles. The molecule has 0 atom stereocenters. The smallest absolute Gasteiger partial charge is 0.338 e. The van der Waals surface area contributed by atoms with E-state index >= 15 is 0 Å². The SMILES string of the molecule is C=CCN1C(=O)C=CC1=O.O=C1C=CC(=O)O1. The van der Waals surface area contributed by atoms with E-state index in [9.17, 15) is 19.2 Å². The third-order valence-electron chi connectivity index (χ3n) is 1.77. The summed E-state index contributed by atoms with van der Waals surface area (Å²) in [6.45, 7) is 3.72. The minimum absolute atomic E-state index is 0.259. The number of carbonyl (C=O) groups excluding carboxylic acids is 4. The predicted octanol–water partition coefficient (Wildman–Crippen LogP) is -0.277. The number of nitrogens with zero attached hydrogens (tertiary/aromatic N) is 1. The highest BCUT2D eigenvalue weighted by molar-refractivity contribution is 6.12. The van der Waals surface area contributed by atoms with Crippen LogP contribution in [0.15, 0.2) is 37.0 Å². The Bertz CT molecular complexity index is 413. The van der Waals surface area contributed by atoms with Crippen molar-refractivity contribution < 1.29 is 23.9 Å². The van der Waals surface area contributed by atoms with Crippen molar-refractivity contribution in [3.63, 3.8) is 0 Å². The molecule has 0 bridgehead atoms. The number of cyclic esters (lactones) is 2. The maximum atomic E-state index is 10.7. The summed E-state index contributed by atoms with van der Waals surface area (Å²) in [6, 6.07) is 0. The molecule has 0 saturated carbocycles. The molecule has 88 valence electrons. The Morgan fingerprint density at radius 1 is 1.00 bits per heavy atom. The van der Waals surface area contributed by atoms with E-state index in [1.807, 2.05) is 0 Å². The first-order valence-corrected chi connectivity index (χ1v) is 4.63. The quantitative estimate of drug-likeness (QED) is 0.284. The lowest BCUT2D eigenvalue weighted by Gasteiger charge is -2.08. The minimum atomic E-state index is -0.579. The van der Waals surface area contributed by atoms with Gasteiger partial charge < -0.3 is 4.74 Å². The summed E-state index contributed by atoms with van der Waals surface area (Å²) in [7, 11) is 0. The average Bonchev–Trinajstić information content (AvgIpc) is 2.79. The number of esters is 2. The number of ether oxygens (including phenoxy) is 1. The van der Waals surface area contributed by atoms with Crippen LogP contribution in [0.2, 0.25) is 0 Å². The van der Waals surface area contributed by atoms with Crippen molar-refractivity contribution in [2.45, 2.75) is 0 Å². The van der Waals surface area contributed by atoms with Gasteiger partial charge in [0.05, 0.1) is 0 Å². The van der Waals surface area contributed by atoms with Crippen molar-refractivity contribution >= 4 is 23.8 Å². The Labute approximate surface area is 96.8 Å². The number of imide groups is 1. The molecule has 0 aromatic carbocycles. The lowest BCUT2D eigenvalue weighted by atomic mass is 10.5. The van der Waals surface area contributed by atoms with Gasteiger partial charge in [0.25, 0.3) is 11.8 Å². The van der Waals surface area contributed by atoms with Crippen LogP contribution < -0.4 is 0 Å². The largest absolute Gasteiger partial charge is 0.387 e. The average molecular weight is 235 g/mol. The van der Waals surface area contributed by atoms with Crippen molar-refractivity contribution in [2.24, 2.45) is 0 Å². The Hall–Kier alpha value is -2.50. The second-order valence-corrected chi connectivity index (χ2v) is 2.98. The normalized spacial score (nSPS) is 17.1. The molecule has 0 N–H and O–H groups in total. The highest BCUT2D eigenvalue weighted by Gasteiger charge is 2.20. The van der Waals surface area contributed by atoms with Gasteiger partial charge in [-0.15, -0.1) is 6.58 Å². The first-order chi connectivity index (χ1) is 8.04. The van der Waals surface area contributed by atoms with Crippen LogP contribution in [0.4, 0.5) is 0 Å². The summed E-state index contributed by atoms with van der Waals surface area (Å²) in [4.78, 5) is 42.5. The fourth-order valence-corrected chi connectivity index (χ4v) is 1.04. The van der Waals surface area contributed by atoms with E-state index in [1.54, 1.807) is 0 Å². The Morgan fingerprint density at radius 2 is 1.47 bits per heavy atom. The molecule has 2 aliphatic heterocycles. The molecule has 0 aromatic heterocycles. The topological polar surface area (TPSA) is 80.8 Å². The van der Waals surface area contributed by atoms with Gasteiger partial charge >= 0.3 is 11.9 Å². The molecule has 0 aromatic rings. The van der Waals surface area contributed by atoms with Crippen LogP contribution in [0.25, 0.3) is 0 Å². The van der Waals surface area contributed by atoms with Crippen LogP contribution in [0.5, 0.6) is 0 Å². The monoisotopic (exact) mass is 235 g/mol. The summed E-state index contributed by atoms with van der Waals surface area (Å²) in [5, 5.41) is 0. The first-order valence-electron chi connectivity index (χ1n) is 4.63. The fourth-order valence-electron chi connectivity index (χ4n) is 1.04. The molecule has 17 heavy (non-hydrogen) atoms. The zero-order valence-electron chi connectivity index (χ0n) is 8.79. The maximum Gasteiger partial charge on any atom is 0.338 e. The molecule has 0 saturated heterocycles. The Morgan fingerprint density at radius 3 is 1.76 bits per heavy atom. The summed E-state index contributed by atoms with van der Waals surface area (Å²) in [6.07, 6.45) is 6.20. The summed E-state index contributed by atoms with van der Waals surface area (Å²) in [5.74, 6) is -1.68. The lowest BCUT2D eigenvalue weighted by molar-refractivity contribution is -0.150. The third kappa shape index (κ3) is 3.53. The zero-order chi connectivity index (χ0) is 12.8. The van der Waals surface area contributed by atoms with Crippen LogP contribution in [-0.4, -0.2) is 35.2 Å². The lowest BCUT2D eigenvalue weighted by Crippen LogP contribution is -2.29. The van der Waals surface area contributed by atoms with Gasteiger partial charge in [0.2, 0.25) is 0 Å². The van der Waals surface area contributed by atoms with Crippen LogP contribution in [0.1, 0.15) is 0 Å². The molecule has 2 aliphatic rings. The van der Waals surface area contributed by atoms with Gasteiger partial charge in [0.15, 0.2) is 0 Å². The molecule has 0 unspecified atom stereocenters. The highest BCUT2D eigenvalue weighted by Crippen LogP contribution is 2.01. The minimum Gasteiger partial charge on any atom is -0.387 e. The fraction of sp³-hybridized carbons (Fsp3) is 0.0909. The Kier molecular flexibility index (Phi) is 4.10. The molecule has 2 rings (SSSR count). The second kappa shape index (κ2) is 5.55. The highest BCUT2D eigenvalue weighted by atomic mass is 16.6. The molecular weight excluding hydrogens is 226 g/mol. The Balaban J connectivity index is 0.000000181. The predicted molar refractivity (Wildman–Crippen MR) is 56.3 cm³/mol. The summed E-state index contributed by atoms with van der Waals surface area (Å²) in [5.41, 5.74) is 0. The molecule has 2 amide bonds. The standard InChI is InChI=1S/C7H7NO2.C4H2O3/c1-2-5-8-6(9)3-4-7(8)10;5-3-1-2-4(6)7-3/h2-4H,1,5H2;1-2H. The molecule has 6 heteroatoms. The number of carbonyl (C=O) groups is 4. The van der Waals surface area contributed by atoms with Gasteiger partial charge in [0, 0.05) is 30.8 Å². The van der Waals surface area contributed by atoms with Crippen molar-refractivity contribution in [3.05, 3.63) is 37.0 Å². The molecular formula is C11H9NO5. The number of hydrogen-bond donors (Lipinski definition) is 0. The molecule has 0 fully saturated rings. The maximum absolute atomic E-state index is 10.7. The van der Waals surface area contributed by atoms with E-state index in [2.05, 4.69) is 11.3 Å². The van der Waals surface area contributed by atoms with Crippen LogP contribution >= 0.6 is 0 Å².